The Bertz CT molecular complexity index is 657. The van der Waals surface area contributed by atoms with Crippen LogP contribution >= 0.6 is 23.5 Å². The third-order valence-corrected chi connectivity index (χ3v) is 5.79. The lowest BCUT2D eigenvalue weighted by molar-refractivity contribution is -0.113. The number of amides is 1. The molecule has 3 nitrogen and oxygen atoms in total. The van der Waals surface area contributed by atoms with Crippen molar-refractivity contribution in [2.45, 2.75) is 11.4 Å². The largest absolute Gasteiger partial charge is 0.325 e. The smallest absolute Gasteiger partial charge is 0.234 e. The standard InChI is InChI=1S/C19H22N2OS2/c22-19(15-24-18-7-2-1-3-8-18)20-17-6-4-5-16(13-17)14-21-9-11-23-12-10-21/h1-8,13H,9-12,14-15H2,(H,20,22). The summed E-state index contributed by atoms with van der Waals surface area (Å²) < 4.78 is 0. The van der Waals surface area contributed by atoms with Crippen LogP contribution in [0.1, 0.15) is 5.56 Å². The first-order chi connectivity index (χ1) is 11.8. The fourth-order valence-corrected chi connectivity index (χ4v) is 4.33. The molecular weight excluding hydrogens is 336 g/mol. The predicted octanol–water partition coefficient (Wildman–Crippen LogP) is 3.97. The third-order valence-electron chi connectivity index (χ3n) is 3.83. The monoisotopic (exact) mass is 358 g/mol. The number of anilines is 1. The molecule has 126 valence electrons. The van der Waals surface area contributed by atoms with Crippen molar-refractivity contribution < 1.29 is 4.79 Å². The molecule has 3 rings (SSSR count). The number of carbonyl (C=O) groups is 1. The van der Waals surface area contributed by atoms with E-state index in [2.05, 4.69) is 22.3 Å². The minimum atomic E-state index is 0.0374. The van der Waals surface area contributed by atoms with Gasteiger partial charge >= 0.3 is 0 Å². The first-order valence-electron chi connectivity index (χ1n) is 8.16. The summed E-state index contributed by atoms with van der Waals surface area (Å²) >= 11 is 3.58. The Morgan fingerprint density at radius 2 is 1.88 bits per heavy atom. The number of thioether (sulfide) groups is 2. The zero-order chi connectivity index (χ0) is 16.6. The molecule has 1 N–H and O–H groups in total. The normalized spacial score (nSPS) is 15.2. The number of nitrogens with one attached hydrogen (secondary N) is 1. The SMILES string of the molecule is O=C(CSc1ccccc1)Nc1cccc(CN2CCSCC2)c1. The number of hydrogen-bond donors (Lipinski definition) is 1. The van der Waals surface area contributed by atoms with Crippen molar-refractivity contribution in [1.82, 2.24) is 4.90 Å². The lowest BCUT2D eigenvalue weighted by Gasteiger charge is -2.26. The molecule has 1 saturated heterocycles. The fourth-order valence-electron chi connectivity index (χ4n) is 2.63. The van der Waals surface area contributed by atoms with E-state index >= 15 is 0 Å². The molecule has 0 unspecified atom stereocenters. The lowest BCUT2D eigenvalue weighted by Crippen LogP contribution is -2.31. The van der Waals surface area contributed by atoms with Crippen LogP contribution in [0, 0.1) is 0 Å². The summed E-state index contributed by atoms with van der Waals surface area (Å²) in [6, 6.07) is 18.2. The second-order valence-corrected chi connectivity index (χ2v) is 8.01. The molecule has 24 heavy (non-hydrogen) atoms. The highest BCUT2D eigenvalue weighted by Crippen LogP contribution is 2.19. The minimum absolute atomic E-state index is 0.0374. The molecule has 1 aliphatic rings. The van der Waals surface area contributed by atoms with Crippen molar-refractivity contribution in [2.24, 2.45) is 0 Å². The van der Waals surface area contributed by atoms with Gasteiger partial charge in [-0.15, -0.1) is 11.8 Å². The van der Waals surface area contributed by atoms with Crippen LogP contribution in [0.25, 0.3) is 0 Å². The fraction of sp³-hybridized carbons (Fsp3) is 0.316. The van der Waals surface area contributed by atoms with E-state index in [0.29, 0.717) is 5.75 Å². The average molecular weight is 359 g/mol. The van der Waals surface area contributed by atoms with Gasteiger partial charge in [-0.3, -0.25) is 9.69 Å². The highest BCUT2D eigenvalue weighted by Gasteiger charge is 2.11. The van der Waals surface area contributed by atoms with E-state index in [4.69, 9.17) is 0 Å². The van der Waals surface area contributed by atoms with E-state index in [1.165, 1.54) is 17.1 Å². The van der Waals surface area contributed by atoms with Gasteiger partial charge in [0, 0.05) is 41.7 Å². The van der Waals surface area contributed by atoms with E-state index in [9.17, 15) is 4.79 Å². The number of carbonyl (C=O) groups excluding carboxylic acids is 1. The summed E-state index contributed by atoms with van der Waals surface area (Å²) in [5, 5.41) is 3.01. The first-order valence-corrected chi connectivity index (χ1v) is 10.3. The molecule has 0 atom stereocenters. The molecule has 0 spiro atoms. The third kappa shape index (κ3) is 5.58. The molecule has 1 heterocycles. The van der Waals surface area contributed by atoms with Crippen molar-refractivity contribution in [2.75, 3.05) is 35.7 Å². The van der Waals surface area contributed by atoms with E-state index in [1.54, 1.807) is 11.8 Å². The van der Waals surface area contributed by atoms with Crippen molar-refractivity contribution in [3.63, 3.8) is 0 Å². The Morgan fingerprint density at radius 3 is 2.67 bits per heavy atom. The van der Waals surface area contributed by atoms with Gasteiger partial charge in [0.25, 0.3) is 0 Å². The molecule has 0 aliphatic carbocycles. The molecular formula is C19H22N2OS2. The van der Waals surface area contributed by atoms with Crippen molar-refractivity contribution in [1.29, 1.82) is 0 Å². The second-order valence-electron chi connectivity index (χ2n) is 5.74. The van der Waals surface area contributed by atoms with Gasteiger partial charge < -0.3 is 5.32 Å². The van der Waals surface area contributed by atoms with Gasteiger partial charge in [-0.1, -0.05) is 30.3 Å². The van der Waals surface area contributed by atoms with Crippen LogP contribution in [-0.4, -0.2) is 41.2 Å². The highest BCUT2D eigenvalue weighted by molar-refractivity contribution is 8.00. The lowest BCUT2D eigenvalue weighted by atomic mass is 10.2. The van der Waals surface area contributed by atoms with Gasteiger partial charge in [0.05, 0.1) is 5.75 Å². The van der Waals surface area contributed by atoms with Gasteiger partial charge in [-0.25, -0.2) is 0 Å². The summed E-state index contributed by atoms with van der Waals surface area (Å²) in [7, 11) is 0. The van der Waals surface area contributed by atoms with Crippen LogP contribution in [0.4, 0.5) is 5.69 Å². The van der Waals surface area contributed by atoms with Crippen LogP contribution in [0.3, 0.4) is 0 Å². The van der Waals surface area contributed by atoms with E-state index in [0.717, 1.165) is 30.2 Å². The molecule has 0 radical (unpaired) electrons. The van der Waals surface area contributed by atoms with Crippen LogP contribution in [0.15, 0.2) is 59.5 Å². The Morgan fingerprint density at radius 1 is 1.08 bits per heavy atom. The first kappa shape index (κ1) is 17.4. The van der Waals surface area contributed by atoms with Crippen LogP contribution in [-0.2, 0) is 11.3 Å². The Kier molecular flexibility index (Phi) is 6.64. The molecule has 1 amide bonds. The maximum atomic E-state index is 12.1. The van der Waals surface area contributed by atoms with Gasteiger partial charge in [0.2, 0.25) is 5.91 Å². The Labute approximate surface area is 152 Å². The number of benzene rings is 2. The summed E-state index contributed by atoms with van der Waals surface area (Å²) in [6.07, 6.45) is 0. The van der Waals surface area contributed by atoms with E-state index in [1.807, 2.05) is 54.2 Å². The van der Waals surface area contributed by atoms with Gasteiger partial charge in [0.1, 0.15) is 0 Å². The molecule has 2 aromatic carbocycles. The maximum Gasteiger partial charge on any atom is 0.234 e. The molecule has 0 saturated carbocycles. The molecule has 1 fully saturated rings. The number of rotatable bonds is 6. The molecule has 1 aliphatic heterocycles. The molecule has 0 bridgehead atoms. The average Bonchev–Trinajstić information content (AvgIpc) is 2.62. The Hall–Kier alpha value is -1.43. The number of nitrogens with zero attached hydrogens (tertiary/aromatic N) is 1. The van der Waals surface area contributed by atoms with E-state index in [-0.39, 0.29) is 5.91 Å². The van der Waals surface area contributed by atoms with Crippen LogP contribution in [0.2, 0.25) is 0 Å². The minimum Gasteiger partial charge on any atom is -0.325 e. The van der Waals surface area contributed by atoms with Crippen molar-refractivity contribution in [3.8, 4) is 0 Å². The topological polar surface area (TPSA) is 32.3 Å². The summed E-state index contributed by atoms with van der Waals surface area (Å²) in [5.41, 5.74) is 2.15. The quantitative estimate of drug-likeness (QED) is 0.792. The van der Waals surface area contributed by atoms with Gasteiger partial charge in [-0.05, 0) is 29.8 Å². The van der Waals surface area contributed by atoms with Gasteiger partial charge in [0.15, 0.2) is 0 Å². The van der Waals surface area contributed by atoms with Crippen molar-refractivity contribution >= 4 is 35.1 Å². The van der Waals surface area contributed by atoms with Crippen molar-refractivity contribution in [3.05, 3.63) is 60.2 Å². The zero-order valence-corrected chi connectivity index (χ0v) is 15.2. The number of hydrogen-bond acceptors (Lipinski definition) is 4. The van der Waals surface area contributed by atoms with Crippen LogP contribution < -0.4 is 5.32 Å². The summed E-state index contributed by atoms with van der Waals surface area (Å²) in [5.74, 6) is 2.90. The summed E-state index contributed by atoms with van der Waals surface area (Å²) in [4.78, 5) is 15.7. The summed E-state index contributed by atoms with van der Waals surface area (Å²) in [6.45, 7) is 3.26. The predicted molar refractivity (Wildman–Crippen MR) is 105 cm³/mol. The molecule has 5 heteroatoms. The zero-order valence-electron chi connectivity index (χ0n) is 13.6. The molecule has 0 aromatic heterocycles. The molecule has 2 aromatic rings. The second kappa shape index (κ2) is 9.16. The van der Waals surface area contributed by atoms with Gasteiger partial charge in [-0.2, -0.15) is 11.8 Å². The Balaban J connectivity index is 1.51. The van der Waals surface area contributed by atoms with Crippen LogP contribution in [0.5, 0.6) is 0 Å². The maximum absolute atomic E-state index is 12.1. The highest BCUT2D eigenvalue weighted by atomic mass is 32.2. The van der Waals surface area contributed by atoms with E-state index < -0.39 is 0 Å².